The monoisotopic (exact) mass is 258 g/mol. The van der Waals surface area contributed by atoms with E-state index < -0.39 is 9.84 Å². The summed E-state index contributed by atoms with van der Waals surface area (Å²) in [4.78, 5) is 7.79. The lowest BCUT2D eigenvalue weighted by atomic mass is 10.2. The molecule has 6 N–H and O–H groups in total. The summed E-state index contributed by atoms with van der Waals surface area (Å²) < 4.78 is 22.6. The van der Waals surface area contributed by atoms with Gasteiger partial charge in [0.2, 0.25) is 5.95 Å². The summed E-state index contributed by atoms with van der Waals surface area (Å²) in [6, 6.07) is 1.43. The average molecular weight is 258 g/mol. The van der Waals surface area contributed by atoms with Crippen LogP contribution in [-0.2, 0) is 9.84 Å². The summed E-state index contributed by atoms with van der Waals surface area (Å²) in [5, 5.41) is 3.01. The maximum Gasteiger partial charge on any atom is 0.223 e. The SMILES string of the molecule is NNc1cc(NC2CCS(=O)(=O)C2)nc(N)n1. The fourth-order valence-corrected chi connectivity index (χ4v) is 3.41. The number of rotatable bonds is 3. The van der Waals surface area contributed by atoms with E-state index >= 15 is 0 Å². The maximum absolute atomic E-state index is 11.3. The van der Waals surface area contributed by atoms with E-state index in [-0.39, 0.29) is 23.5 Å². The molecule has 0 bridgehead atoms. The van der Waals surface area contributed by atoms with Crippen molar-refractivity contribution in [3.05, 3.63) is 6.07 Å². The molecule has 0 spiro atoms. The zero-order chi connectivity index (χ0) is 12.5. The van der Waals surface area contributed by atoms with Crippen molar-refractivity contribution in [3.63, 3.8) is 0 Å². The molecule has 0 radical (unpaired) electrons. The number of sulfone groups is 1. The highest BCUT2D eigenvalue weighted by molar-refractivity contribution is 7.91. The molecule has 1 aromatic heterocycles. The smallest absolute Gasteiger partial charge is 0.223 e. The molecule has 1 aromatic rings. The largest absolute Gasteiger partial charge is 0.368 e. The van der Waals surface area contributed by atoms with Crippen LogP contribution in [0.5, 0.6) is 0 Å². The normalized spacial score (nSPS) is 22.3. The molecular weight excluding hydrogens is 244 g/mol. The number of hydrazine groups is 1. The highest BCUT2D eigenvalue weighted by Gasteiger charge is 2.28. The standard InChI is InChI=1S/C8H14N6O2S/c9-8-12-6(3-7(13-8)14-10)11-5-1-2-17(15,16)4-5/h3,5H,1-2,4,10H2,(H4,9,11,12,13,14). The van der Waals surface area contributed by atoms with Crippen LogP contribution < -0.4 is 22.3 Å². The van der Waals surface area contributed by atoms with Gasteiger partial charge in [0.05, 0.1) is 11.5 Å². The van der Waals surface area contributed by atoms with Gasteiger partial charge in [-0.25, -0.2) is 14.3 Å². The van der Waals surface area contributed by atoms with Crippen LogP contribution in [0.4, 0.5) is 17.6 Å². The van der Waals surface area contributed by atoms with Crippen molar-refractivity contribution in [3.8, 4) is 0 Å². The molecule has 1 unspecified atom stereocenters. The Balaban J connectivity index is 2.11. The molecule has 1 fully saturated rings. The highest BCUT2D eigenvalue weighted by Crippen LogP contribution is 2.18. The lowest BCUT2D eigenvalue weighted by molar-refractivity contribution is 0.602. The molecule has 1 saturated heterocycles. The van der Waals surface area contributed by atoms with Gasteiger partial charge < -0.3 is 16.5 Å². The van der Waals surface area contributed by atoms with E-state index in [0.29, 0.717) is 18.1 Å². The summed E-state index contributed by atoms with van der Waals surface area (Å²) in [5.41, 5.74) is 7.85. The molecule has 9 heteroatoms. The molecular formula is C8H14N6O2S. The van der Waals surface area contributed by atoms with E-state index in [2.05, 4.69) is 20.7 Å². The molecule has 94 valence electrons. The Morgan fingerprint density at radius 1 is 1.35 bits per heavy atom. The van der Waals surface area contributed by atoms with Crippen LogP contribution >= 0.6 is 0 Å². The van der Waals surface area contributed by atoms with Crippen molar-refractivity contribution in [2.75, 3.05) is 28.0 Å². The lowest BCUT2D eigenvalue weighted by Gasteiger charge is -2.12. The van der Waals surface area contributed by atoms with Crippen LogP contribution in [0, 0.1) is 0 Å². The van der Waals surface area contributed by atoms with Crippen LogP contribution in [0.1, 0.15) is 6.42 Å². The van der Waals surface area contributed by atoms with Crippen LogP contribution in [0.3, 0.4) is 0 Å². The summed E-state index contributed by atoms with van der Waals surface area (Å²) in [6.07, 6.45) is 0.567. The first kappa shape index (κ1) is 11.9. The molecule has 0 aliphatic carbocycles. The highest BCUT2D eigenvalue weighted by atomic mass is 32.2. The number of nitrogens with two attached hydrogens (primary N) is 2. The summed E-state index contributed by atoms with van der Waals surface area (Å²) in [7, 11) is -2.92. The molecule has 1 aliphatic heterocycles. The molecule has 2 heterocycles. The lowest BCUT2D eigenvalue weighted by Crippen LogP contribution is -2.22. The van der Waals surface area contributed by atoms with Crippen molar-refractivity contribution < 1.29 is 8.42 Å². The Kier molecular flexibility index (Phi) is 3.03. The van der Waals surface area contributed by atoms with Crippen molar-refractivity contribution in [2.24, 2.45) is 5.84 Å². The van der Waals surface area contributed by atoms with Gasteiger partial charge in [0, 0.05) is 12.1 Å². The Morgan fingerprint density at radius 3 is 2.65 bits per heavy atom. The van der Waals surface area contributed by atoms with Gasteiger partial charge in [-0.1, -0.05) is 0 Å². The molecule has 1 aliphatic rings. The van der Waals surface area contributed by atoms with E-state index in [1.165, 1.54) is 0 Å². The van der Waals surface area contributed by atoms with Gasteiger partial charge in [0.25, 0.3) is 0 Å². The first-order valence-corrected chi connectivity index (χ1v) is 6.89. The first-order valence-electron chi connectivity index (χ1n) is 5.06. The molecule has 0 saturated carbocycles. The number of anilines is 3. The van der Waals surface area contributed by atoms with Gasteiger partial charge in [0.15, 0.2) is 9.84 Å². The number of nitrogens with one attached hydrogen (secondary N) is 2. The van der Waals surface area contributed by atoms with E-state index in [1.54, 1.807) is 6.07 Å². The third-order valence-corrected chi connectivity index (χ3v) is 4.24. The molecule has 1 atom stereocenters. The molecule has 2 rings (SSSR count). The van der Waals surface area contributed by atoms with E-state index in [4.69, 9.17) is 11.6 Å². The van der Waals surface area contributed by atoms with Gasteiger partial charge in [-0.2, -0.15) is 9.97 Å². The number of nitrogen functional groups attached to an aromatic ring is 2. The van der Waals surface area contributed by atoms with E-state index in [9.17, 15) is 8.42 Å². The predicted molar refractivity (Wildman–Crippen MR) is 64.9 cm³/mol. The minimum Gasteiger partial charge on any atom is -0.368 e. The third kappa shape index (κ3) is 2.94. The van der Waals surface area contributed by atoms with Crippen LogP contribution in [0.2, 0.25) is 0 Å². The zero-order valence-corrected chi connectivity index (χ0v) is 9.87. The van der Waals surface area contributed by atoms with Gasteiger partial charge in [-0.3, -0.25) is 0 Å². The molecule has 8 nitrogen and oxygen atoms in total. The van der Waals surface area contributed by atoms with E-state index in [0.717, 1.165) is 0 Å². The number of aromatic nitrogens is 2. The van der Waals surface area contributed by atoms with Crippen LogP contribution in [0.25, 0.3) is 0 Å². The topological polar surface area (TPSA) is 136 Å². The van der Waals surface area contributed by atoms with Crippen molar-refractivity contribution >= 4 is 27.4 Å². The average Bonchev–Trinajstić information content (AvgIpc) is 2.57. The molecule has 0 amide bonds. The van der Waals surface area contributed by atoms with Gasteiger partial charge in [-0.05, 0) is 6.42 Å². The Morgan fingerprint density at radius 2 is 2.06 bits per heavy atom. The summed E-state index contributed by atoms with van der Waals surface area (Å²) in [6.45, 7) is 0. The van der Waals surface area contributed by atoms with E-state index in [1.807, 2.05) is 0 Å². The predicted octanol–water partition coefficient (Wildman–Crippen LogP) is -1.06. The Bertz CT molecular complexity index is 517. The number of nitrogens with zero attached hydrogens (tertiary/aromatic N) is 2. The second-order valence-corrected chi connectivity index (χ2v) is 6.11. The van der Waals surface area contributed by atoms with Crippen LogP contribution in [-0.4, -0.2) is 35.9 Å². The Hall–Kier alpha value is -1.61. The maximum atomic E-state index is 11.3. The van der Waals surface area contributed by atoms with Crippen molar-refractivity contribution in [2.45, 2.75) is 12.5 Å². The summed E-state index contributed by atoms with van der Waals surface area (Å²) >= 11 is 0. The second-order valence-electron chi connectivity index (χ2n) is 3.89. The van der Waals surface area contributed by atoms with Gasteiger partial charge in [0.1, 0.15) is 11.6 Å². The fourth-order valence-electron chi connectivity index (χ4n) is 1.73. The van der Waals surface area contributed by atoms with Gasteiger partial charge in [-0.15, -0.1) is 0 Å². The van der Waals surface area contributed by atoms with Gasteiger partial charge >= 0.3 is 0 Å². The minimum atomic E-state index is -2.92. The first-order chi connectivity index (χ1) is 7.98. The molecule has 17 heavy (non-hydrogen) atoms. The third-order valence-electron chi connectivity index (χ3n) is 2.48. The summed E-state index contributed by atoms with van der Waals surface area (Å²) in [5.74, 6) is 6.45. The quantitative estimate of drug-likeness (QED) is 0.398. The number of hydrogen-bond donors (Lipinski definition) is 4. The van der Waals surface area contributed by atoms with Crippen LogP contribution in [0.15, 0.2) is 6.07 Å². The fraction of sp³-hybridized carbons (Fsp3) is 0.500. The number of hydrogen-bond acceptors (Lipinski definition) is 8. The zero-order valence-electron chi connectivity index (χ0n) is 9.05. The van der Waals surface area contributed by atoms with Crippen molar-refractivity contribution in [1.82, 2.24) is 9.97 Å². The second kappa shape index (κ2) is 4.34. The molecule has 0 aromatic carbocycles. The Labute approximate surface area is 98.7 Å². The van der Waals surface area contributed by atoms with Crippen molar-refractivity contribution in [1.29, 1.82) is 0 Å². The minimum absolute atomic E-state index is 0.0730.